The van der Waals surface area contributed by atoms with E-state index < -0.39 is 17.3 Å². The van der Waals surface area contributed by atoms with Gasteiger partial charge in [-0.25, -0.2) is 4.84 Å². The van der Waals surface area contributed by atoms with Crippen molar-refractivity contribution in [1.29, 1.82) is 5.26 Å². The Hall–Kier alpha value is -2.49. The minimum Gasteiger partial charge on any atom is -0.484 e. The van der Waals surface area contributed by atoms with E-state index in [4.69, 9.17) is 14.8 Å². The van der Waals surface area contributed by atoms with E-state index in [-0.39, 0.29) is 0 Å². The van der Waals surface area contributed by atoms with Gasteiger partial charge in [-0.05, 0) is 51.1 Å². The number of fused-ring (bicyclic) bond motifs is 1. The molecule has 6 nitrogen and oxygen atoms in total. The van der Waals surface area contributed by atoms with Gasteiger partial charge in [0, 0.05) is 11.8 Å². The highest BCUT2D eigenvalue weighted by Gasteiger charge is 2.54. The van der Waals surface area contributed by atoms with E-state index >= 15 is 0 Å². The lowest BCUT2D eigenvalue weighted by Gasteiger charge is -2.49. The summed E-state index contributed by atoms with van der Waals surface area (Å²) in [6.45, 7) is 5.29. The molecule has 0 saturated heterocycles. The van der Waals surface area contributed by atoms with Crippen LogP contribution in [0.2, 0.25) is 0 Å². The Labute approximate surface area is 135 Å². The van der Waals surface area contributed by atoms with Gasteiger partial charge in [-0.3, -0.25) is 5.43 Å². The number of hydrazine groups is 1. The molecule has 2 aliphatic rings. The zero-order valence-electron chi connectivity index (χ0n) is 13.3. The highest BCUT2D eigenvalue weighted by atomic mass is 16.7. The van der Waals surface area contributed by atoms with E-state index in [2.05, 4.69) is 11.5 Å². The number of rotatable bonds is 2. The number of hydrogen-bond donors (Lipinski definition) is 2. The SMILES string of the molecule is CC1(C)Oc2ccc(C#N)cc2C(ON2C=CC=CN2)C1(C)O. The van der Waals surface area contributed by atoms with Crippen molar-refractivity contribution in [2.24, 2.45) is 0 Å². The monoisotopic (exact) mass is 313 g/mol. The Kier molecular flexibility index (Phi) is 3.55. The summed E-state index contributed by atoms with van der Waals surface area (Å²) in [5.41, 5.74) is 1.86. The highest BCUT2D eigenvalue weighted by molar-refractivity contribution is 5.46. The van der Waals surface area contributed by atoms with Gasteiger partial charge >= 0.3 is 0 Å². The van der Waals surface area contributed by atoms with Gasteiger partial charge in [0.05, 0.1) is 17.8 Å². The molecule has 2 N–H and O–H groups in total. The second kappa shape index (κ2) is 5.30. The van der Waals surface area contributed by atoms with E-state index in [1.165, 1.54) is 5.17 Å². The van der Waals surface area contributed by atoms with Crippen LogP contribution in [0.15, 0.2) is 42.8 Å². The molecule has 0 aromatic heterocycles. The first-order valence-corrected chi connectivity index (χ1v) is 7.36. The third-order valence-electron chi connectivity index (χ3n) is 4.37. The zero-order valence-corrected chi connectivity index (χ0v) is 13.3. The number of hydroxylamine groups is 1. The maximum absolute atomic E-state index is 11.1. The Morgan fingerprint density at radius 1 is 1.35 bits per heavy atom. The van der Waals surface area contributed by atoms with Crippen molar-refractivity contribution >= 4 is 0 Å². The topological polar surface area (TPSA) is 77.8 Å². The van der Waals surface area contributed by atoms with Gasteiger partial charge in [0.25, 0.3) is 0 Å². The number of ether oxygens (including phenoxy) is 1. The molecular weight excluding hydrogens is 294 g/mol. The van der Waals surface area contributed by atoms with Gasteiger partial charge < -0.3 is 9.84 Å². The average Bonchev–Trinajstić information content (AvgIpc) is 2.52. The van der Waals surface area contributed by atoms with Gasteiger partial charge in [-0.2, -0.15) is 10.4 Å². The molecule has 1 aromatic rings. The number of benzene rings is 1. The third-order valence-corrected chi connectivity index (χ3v) is 4.37. The predicted molar refractivity (Wildman–Crippen MR) is 83.6 cm³/mol. The van der Waals surface area contributed by atoms with Crippen molar-refractivity contribution < 1.29 is 14.7 Å². The first-order valence-electron chi connectivity index (χ1n) is 7.36. The van der Waals surface area contributed by atoms with E-state index in [9.17, 15) is 5.11 Å². The molecule has 0 saturated carbocycles. The number of aliphatic hydroxyl groups is 1. The molecule has 2 aliphatic heterocycles. The largest absolute Gasteiger partial charge is 0.484 e. The lowest BCUT2D eigenvalue weighted by molar-refractivity contribution is -0.279. The fourth-order valence-corrected chi connectivity index (χ4v) is 2.59. The molecule has 2 heterocycles. The summed E-state index contributed by atoms with van der Waals surface area (Å²) in [5, 5.41) is 21.6. The highest BCUT2D eigenvalue weighted by Crippen LogP contribution is 2.48. The van der Waals surface area contributed by atoms with Crippen LogP contribution in [-0.2, 0) is 4.84 Å². The number of hydrogen-bond acceptors (Lipinski definition) is 6. The number of allylic oxidation sites excluding steroid dienone is 2. The summed E-state index contributed by atoms with van der Waals surface area (Å²) in [6.07, 6.45) is 6.34. The van der Waals surface area contributed by atoms with Gasteiger partial charge in [0.2, 0.25) is 0 Å². The Morgan fingerprint density at radius 3 is 2.78 bits per heavy atom. The van der Waals surface area contributed by atoms with Crippen LogP contribution >= 0.6 is 0 Å². The first kappa shape index (κ1) is 15.4. The summed E-state index contributed by atoms with van der Waals surface area (Å²) in [4.78, 5) is 5.95. The van der Waals surface area contributed by atoms with Gasteiger partial charge in [0.1, 0.15) is 23.1 Å². The third kappa shape index (κ3) is 2.54. The lowest BCUT2D eigenvalue weighted by Crippen LogP contribution is -2.59. The van der Waals surface area contributed by atoms with Crippen molar-refractivity contribution in [3.8, 4) is 11.8 Å². The molecule has 6 heteroatoms. The minimum absolute atomic E-state index is 0.485. The molecule has 0 spiro atoms. The molecule has 0 fully saturated rings. The fourth-order valence-electron chi connectivity index (χ4n) is 2.59. The molecule has 120 valence electrons. The van der Waals surface area contributed by atoms with Crippen LogP contribution in [-0.4, -0.2) is 21.5 Å². The summed E-state index contributed by atoms with van der Waals surface area (Å²) in [5.74, 6) is 0.599. The van der Waals surface area contributed by atoms with Gasteiger partial charge in [0.15, 0.2) is 0 Å². The minimum atomic E-state index is -1.31. The standard InChI is InChI=1S/C17H19N3O3/c1-16(2)17(3,21)15(23-20-9-5-4-8-19-20)13-10-12(11-18)6-7-14(13)22-16/h4-10,15,19,21H,1-3H3. The molecule has 2 unspecified atom stereocenters. The van der Waals surface area contributed by atoms with Crippen LogP contribution < -0.4 is 10.2 Å². The lowest BCUT2D eigenvalue weighted by atomic mass is 9.77. The predicted octanol–water partition coefficient (Wildman–Crippen LogP) is 2.30. The molecule has 0 radical (unpaired) electrons. The normalized spacial score (nSPS) is 27.6. The Morgan fingerprint density at radius 2 is 2.13 bits per heavy atom. The molecule has 23 heavy (non-hydrogen) atoms. The van der Waals surface area contributed by atoms with Crippen LogP contribution in [0.5, 0.6) is 5.75 Å². The Balaban J connectivity index is 2.04. The van der Waals surface area contributed by atoms with Gasteiger partial charge in [-0.1, -0.05) is 0 Å². The van der Waals surface area contributed by atoms with Crippen LogP contribution in [0.4, 0.5) is 0 Å². The number of nitriles is 1. The molecule has 0 aliphatic carbocycles. The molecule has 2 atom stereocenters. The molecular formula is C17H19N3O3. The maximum atomic E-state index is 11.1. The van der Waals surface area contributed by atoms with Crippen LogP contribution in [0.25, 0.3) is 0 Å². The van der Waals surface area contributed by atoms with Crippen molar-refractivity contribution in [2.45, 2.75) is 38.1 Å². The zero-order chi connectivity index (χ0) is 16.7. The fraction of sp³-hybridized carbons (Fsp3) is 0.353. The summed E-state index contributed by atoms with van der Waals surface area (Å²) in [7, 11) is 0. The Bertz CT molecular complexity index is 716. The van der Waals surface area contributed by atoms with E-state index in [1.54, 1.807) is 37.5 Å². The van der Waals surface area contributed by atoms with Crippen molar-refractivity contribution in [2.75, 3.05) is 0 Å². The summed E-state index contributed by atoms with van der Waals surface area (Å²) >= 11 is 0. The number of nitrogens with zero attached hydrogens (tertiary/aromatic N) is 2. The molecule has 3 rings (SSSR count). The van der Waals surface area contributed by atoms with E-state index in [0.29, 0.717) is 16.9 Å². The van der Waals surface area contributed by atoms with E-state index in [1.807, 2.05) is 26.0 Å². The molecule has 1 aromatic carbocycles. The maximum Gasteiger partial charge on any atom is 0.149 e. The van der Waals surface area contributed by atoms with Crippen LogP contribution in [0.1, 0.15) is 38.0 Å². The smallest absolute Gasteiger partial charge is 0.149 e. The van der Waals surface area contributed by atoms with Crippen LogP contribution in [0, 0.1) is 11.3 Å². The average molecular weight is 313 g/mol. The van der Waals surface area contributed by atoms with Crippen molar-refractivity contribution in [3.05, 3.63) is 53.9 Å². The molecule has 0 amide bonds. The van der Waals surface area contributed by atoms with Crippen LogP contribution in [0.3, 0.4) is 0 Å². The second-order valence-corrected chi connectivity index (χ2v) is 6.27. The summed E-state index contributed by atoms with van der Waals surface area (Å²) < 4.78 is 5.94. The summed E-state index contributed by atoms with van der Waals surface area (Å²) in [6, 6.07) is 7.21. The van der Waals surface area contributed by atoms with Gasteiger partial charge in [-0.15, -0.1) is 0 Å². The molecule has 0 bridgehead atoms. The second-order valence-electron chi connectivity index (χ2n) is 6.27. The van der Waals surface area contributed by atoms with Crippen molar-refractivity contribution in [3.63, 3.8) is 0 Å². The number of nitrogens with one attached hydrogen (secondary N) is 1. The van der Waals surface area contributed by atoms with E-state index in [0.717, 1.165) is 0 Å². The quantitative estimate of drug-likeness (QED) is 0.872. The van der Waals surface area contributed by atoms with Crippen molar-refractivity contribution in [1.82, 2.24) is 10.6 Å². The first-order chi connectivity index (χ1) is 10.8.